The Kier molecular flexibility index (Phi) is 9.96. The summed E-state index contributed by atoms with van der Waals surface area (Å²) in [6.07, 6.45) is 4.72. The van der Waals surface area contributed by atoms with E-state index in [1.807, 2.05) is 11.0 Å². The number of anilines is 1. The van der Waals surface area contributed by atoms with Crippen molar-refractivity contribution in [2.45, 2.75) is 32.1 Å². The molecule has 1 aliphatic rings. The van der Waals surface area contributed by atoms with Crippen LogP contribution in [0, 0.1) is 0 Å². The predicted octanol–water partition coefficient (Wildman–Crippen LogP) is 3.49. The predicted molar refractivity (Wildman–Crippen MR) is 113 cm³/mol. The highest BCUT2D eigenvalue weighted by Gasteiger charge is 2.15. The van der Waals surface area contributed by atoms with Crippen molar-refractivity contribution in [3.8, 4) is 5.75 Å². The Hall–Kier alpha value is -1.22. The average molecular weight is 481 g/mol. The van der Waals surface area contributed by atoms with Crippen LogP contribution in [0.15, 0.2) is 23.2 Å². The van der Waals surface area contributed by atoms with E-state index in [0.717, 1.165) is 44.5 Å². The summed E-state index contributed by atoms with van der Waals surface area (Å²) < 4.78 is 5.11. The van der Waals surface area contributed by atoms with E-state index in [1.165, 1.54) is 0 Å². The van der Waals surface area contributed by atoms with Gasteiger partial charge in [-0.25, -0.2) is 0 Å². The summed E-state index contributed by atoms with van der Waals surface area (Å²) in [5.74, 6) is 1.20. The second-order valence-electron chi connectivity index (χ2n) is 5.79. The largest absolute Gasteiger partial charge is 0.495 e. The number of ether oxygens (including phenoxy) is 1. The minimum atomic E-state index is 0. The number of likely N-dealkylation sites (tertiary alicyclic amines) is 1. The summed E-state index contributed by atoms with van der Waals surface area (Å²) in [6, 6.07) is 5.32. The third-order valence-electron chi connectivity index (χ3n) is 3.96. The zero-order chi connectivity index (χ0) is 17.4. The number of benzene rings is 1. The van der Waals surface area contributed by atoms with Crippen molar-refractivity contribution < 1.29 is 9.53 Å². The number of methoxy groups -OCH3 is 1. The SMILES string of the molecule is COc1ccc(NC(N)=NCCCN2CCCCCC2=O)cc1Cl.I. The van der Waals surface area contributed by atoms with Crippen molar-refractivity contribution in [1.82, 2.24) is 4.90 Å². The molecule has 140 valence electrons. The second-order valence-corrected chi connectivity index (χ2v) is 6.19. The number of carbonyl (C=O) groups excluding carboxylic acids is 1. The summed E-state index contributed by atoms with van der Waals surface area (Å²) in [5, 5.41) is 3.51. The average Bonchev–Trinajstić information content (AvgIpc) is 2.76. The Morgan fingerprint density at radius 1 is 1.40 bits per heavy atom. The molecule has 8 heteroatoms. The number of guanidine groups is 1. The second kappa shape index (κ2) is 11.4. The zero-order valence-electron chi connectivity index (χ0n) is 14.5. The van der Waals surface area contributed by atoms with Gasteiger partial charge >= 0.3 is 0 Å². The zero-order valence-corrected chi connectivity index (χ0v) is 17.5. The van der Waals surface area contributed by atoms with Gasteiger partial charge in [0.25, 0.3) is 0 Å². The van der Waals surface area contributed by atoms with Crippen LogP contribution in [0.2, 0.25) is 5.02 Å². The summed E-state index contributed by atoms with van der Waals surface area (Å²) in [6.45, 7) is 2.18. The first kappa shape index (κ1) is 21.8. The van der Waals surface area contributed by atoms with E-state index < -0.39 is 0 Å². The van der Waals surface area contributed by atoms with Gasteiger partial charge in [0.15, 0.2) is 5.96 Å². The van der Waals surface area contributed by atoms with E-state index in [0.29, 0.717) is 29.7 Å². The highest BCUT2D eigenvalue weighted by Crippen LogP contribution is 2.27. The lowest BCUT2D eigenvalue weighted by Crippen LogP contribution is -2.31. The fraction of sp³-hybridized carbons (Fsp3) is 0.529. The number of hydrogen-bond donors (Lipinski definition) is 2. The van der Waals surface area contributed by atoms with Crippen molar-refractivity contribution >= 4 is 53.1 Å². The van der Waals surface area contributed by atoms with Crippen LogP contribution in [0.3, 0.4) is 0 Å². The molecule has 6 nitrogen and oxygen atoms in total. The molecule has 1 aromatic rings. The van der Waals surface area contributed by atoms with Gasteiger partial charge in [0, 0.05) is 31.7 Å². The molecule has 0 spiro atoms. The number of aliphatic imine (C=N–C) groups is 1. The van der Waals surface area contributed by atoms with Gasteiger partial charge < -0.3 is 20.7 Å². The van der Waals surface area contributed by atoms with Gasteiger partial charge in [0.1, 0.15) is 5.75 Å². The molecule has 2 rings (SSSR count). The number of amides is 1. The van der Waals surface area contributed by atoms with Crippen molar-refractivity contribution in [3.63, 3.8) is 0 Å². The maximum atomic E-state index is 11.9. The maximum absolute atomic E-state index is 11.9. The molecule has 0 aromatic heterocycles. The fourth-order valence-electron chi connectivity index (χ4n) is 2.67. The normalized spacial score (nSPS) is 15.4. The van der Waals surface area contributed by atoms with Crippen molar-refractivity contribution in [1.29, 1.82) is 0 Å². The first-order valence-electron chi connectivity index (χ1n) is 8.28. The van der Waals surface area contributed by atoms with Crippen LogP contribution in [-0.4, -0.2) is 43.5 Å². The monoisotopic (exact) mass is 480 g/mol. The molecule has 0 atom stereocenters. The Bertz CT molecular complexity index is 598. The molecule has 1 fully saturated rings. The van der Waals surface area contributed by atoms with Crippen LogP contribution in [0.25, 0.3) is 0 Å². The third-order valence-corrected chi connectivity index (χ3v) is 4.26. The number of hydrogen-bond acceptors (Lipinski definition) is 3. The van der Waals surface area contributed by atoms with Gasteiger partial charge in [-0.2, -0.15) is 0 Å². The summed E-state index contributed by atoms with van der Waals surface area (Å²) in [7, 11) is 1.57. The topological polar surface area (TPSA) is 80.0 Å². The molecule has 0 saturated carbocycles. The van der Waals surface area contributed by atoms with E-state index in [1.54, 1.807) is 19.2 Å². The van der Waals surface area contributed by atoms with Crippen LogP contribution in [0.1, 0.15) is 32.1 Å². The lowest BCUT2D eigenvalue weighted by Gasteiger charge is -2.19. The number of nitrogens with two attached hydrogens (primary N) is 1. The van der Waals surface area contributed by atoms with Gasteiger partial charge in [-0.3, -0.25) is 9.79 Å². The number of rotatable bonds is 6. The maximum Gasteiger partial charge on any atom is 0.222 e. The van der Waals surface area contributed by atoms with E-state index in [4.69, 9.17) is 22.1 Å². The van der Waals surface area contributed by atoms with Crippen molar-refractivity contribution in [2.24, 2.45) is 10.7 Å². The molecule has 1 amide bonds. The van der Waals surface area contributed by atoms with Gasteiger partial charge in [0.2, 0.25) is 5.91 Å². The molecule has 0 unspecified atom stereocenters. The molecule has 1 heterocycles. The number of nitrogens with zero attached hydrogens (tertiary/aromatic N) is 2. The molecule has 25 heavy (non-hydrogen) atoms. The Morgan fingerprint density at radius 3 is 2.92 bits per heavy atom. The van der Waals surface area contributed by atoms with Gasteiger partial charge in [-0.1, -0.05) is 18.0 Å². The van der Waals surface area contributed by atoms with Crippen LogP contribution >= 0.6 is 35.6 Å². The van der Waals surface area contributed by atoms with Gasteiger partial charge in [-0.05, 0) is 37.5 Å². The Balaban J connectivity index is 0.00000312. The van der Waals surface area contributed by atoms with Gasteiger partial charge in [0.05, 0.1) is 12.1 Å². The molecule has 0 aliphatic carbocycles. The number of halogens is 2. The Morgan fingerprint density at radius 2 is 2.20 bits per heavy atom. The minimum Gasteiger partial charge on any atom is -0.495 e. The quantitative estimate of drug-likeness (QED) is 0.283. The van der Waals surface area contributed by atoms with Gasteiger partial charge in [-0.15, -0.1) is 24.0 Å². The molecular formula is C17H26ClIN4O2. The van der Waals surface area contributed by atoms with E-state index in [9.17, 15) is 4.79 Å². The highest BCUT2D eigenvalue weighted by molar-refractivity contribution is 14.0. The molecule has 0 radical (unpaired) electrons. The van der Waals surface area contributed by atoms with Crippen LogP contribution < -0.4 is 15.8 Å². The highest BCUT2D eigenvalue weighted by atomic mass is 127. The third kappa shape index (κ3) is 7.27. The molecule has 1 saturated heterocycles. The number of nitrogens with one attached hydrogen (secondary N) is 1. The van der Waals surface area contributed by atoms with E-state index in [-0.39, 0.29) is 29.9 Å². The van der Waals surface area contributed by atoms with Crippen LogP contribution in [0.5, 0.6) is 5.75 Å². The van der Waals surface area contributed by atoms with E-state index in [2.05, 4.69) is 10.3 Å². The van der Waals surface area contributed by atoms with Crippen molar-refractivity contribution in [2.75, 3.05) is 32.1 Å². The molecular weight excluding hydrogens is 455 g/mol. The van der Waals surface area contributed by atoms with Crippen LogP contribution in [-0.2, 0) is 4.79 Å². The summed E-state index contributed by atoms with van der Waals surface area (Å²) in [5.41, 5.74) is 6.64. The summed E-state index contributed by atoms with van der Waals surface area (Å²) >= 11 is 6.07. The molecule has 1 aromatic carbocycles. The smallest absolute Gasteiger partial charge is 0.222 e. The molecule has 0 bridgehead atoms. The Labute approximate surface area is 171 Å². The lowest BCUT2D eigenvalue weighted by molar-refractivity contribution is -0.130. The minimum absolute atomic E-state index is 0. The van der Waals surface area contributed by atoms with E-state index >= 15 is 0 Å². The molecule has 1 aliphatic heterocycles. The number of carbonyl (C=O) groups is 1. The standard InChI is InChI=1S/C17H25ClN4O2.HI/c1-24-15-8-7-13(12-14(15)18)21-17(19)20-9-5-11-22-10-4-2-3-6-16(22)23;/h7-8,12H,2-6,9-11H2,1H3,(H3,19,20,21);1H. The lowest BCUT2D eigenvalue weighted by atomic mass is 10.2. The molecule has 3 N–H and O–H groups in total. The van der Waals surface area contributed by atoms with Crippen LogP contribution in [0.4, 0.5) is 5.69 Å². The first-order chi connectivity index (χ1) is 11.6. The first-order valence-corrected chi connectivity index (χ1v) is 8.66. The van der Waals surface area contributed by atoms with Crippen molar-refractivity contribution in [3.05, 3.63) is 23.2 Å². The summed E-state index contributed by atoms with van der Waals surface area (Å²) in [4.78, 5) is 18.1. The fourth-order valence-corrected chi connectivity index (χ4v) is 2.93.